The molecule has 2 heteroatoms. The fraction of sp³-hybridized carbons (Fsp3) is 0.200. The van der Waals surface area contributed by atoms with Crippen LogP contribution in [0.25, 0.3) is 5.57 Å². The number of rotatable bonds is 2. The molecule has 12 heavy (non-hydrogen) atoms. The first-order valence-corrected chi connectivity index (χ1v) is 4.56. The number of hydrogen-bond donors (Lipinski definition) is 0. The molecule has 0 heterocycles. The van der Waals surface area contributed by atoms with Crippen LogP contribution in [-0.2, 0) is 0 Å². The van der Waals surface area contributed by atoms with Crippen LogP contribution in [0.15, 0.2) is 24.8 Å². The minimum atomic E-state index is 0.461. The van der Waals surface area contributed by atoms with E-state index in [1.54, 1.807) is 0 Å². The summed E-state index contributed by atoms with van der Waals surface area (Å²) in [7, 11) is 0. The average Bonchev–Trinajstić information content (AvgIpc) is 2.03. The molecule has 0 spiro atoms. The van der Waals surface area contributed by atoms with Crippen LogP contribution in [0.2, 0.25) is 5.02 Å². The molecule has 1 aromatic carbocycles. The predicted octanol–water partition coefficient (Wildman–Crippen LogP) is 3.90. The normalized spacial score (nSPS) is 9.92. The summed E-state index contributed by atoms with van der Waals surface area (Å²) in [5.74, 6) is 0.461. The van der Waals surface area contributed by atoms with Gasteiger partial charge in [-0.3, -0.25) is 0 Å². The third-order valence-corrected chi connectivity index (χ3v) is 2.29. The third-order valence-electron chi connectivity index (χ3n) is 1.73. The molecule has 0 radical (unpaired) electrons. The van der Waals surface area contributed by atoms with Crippen molar-refractivity contribution in [3.05, 3.63) is 40.9 Å². The summed E-state index contributed by atoms with van der Waals surface area (Å²) < 4.78 is 0. The highest BCUT2D eigenvalue weighted by atomic mass is 35.5. The maximum absolute atomic E-state index is 5.80. The molecule has 1 aromatic rings. The van der Waals surface area contributed by atoms with Crippen molar-refractivity contribution >= 4 is 28.8 Å². The van der Waals surface area contributed by atoms with E-state index in [1.807, 2.05) is 25.1 Å². The van der Waals surface area contributed by atoms with Crippen molar-refractivity contribution in [2.75, 3.05) is 5.88 Å². The van der Waals surface area contributed by atoms with Crippen molar-refractivity contribution in [2.24, 2.45) is 0 Å². The topological polar surface area (TPSA) is 0 Å². The second-order valence-corrected chi connectivity index (χ2v) is 3.40. The van der Waals surface area contributed by atoms with E-state index < -0.39 is 0 Å². The minimum Gasteiger partial charge on any atom is -0.122 e. The molecule has 0 aliphatic heterocycles. The van der Waals surface area contributed by atoms with Gasteiger partial charge in [-0.2, -0.15) is 0 Å². The summed E-state index contributed by atoms with van der Waals surface area (Å²) in [4.78, 5) is 0. The zero-order chi connectivity index (χ0) is 9.14. The molecule has 0 N–H and O–H groups in total. The quantitative estimate of drug-likeness (QED) is 0.636. The van der Waals surface area contributed by atoms with E-state index in [0.717, 1.165) is 21.7 Å². The van der Waals surface area contributed by atoms with Gasteiger partial charge in [0.2, 0.25) is 0 Å². The van der Waals surface area contributed by atoms with Gasteiger partial charge in [-0.15, -0.1) is 11.6 Å². The molecule has 0 saturated carbocycles. The van der Waals surface area contributed by atoms with E-state index in [-0.39, 0.29) is 0 Å². The Kier molecular flexibility index (Phi) is 3.19. The lowest BCUT2D eigenvalue weighted by Gasteiger charge is -2.05. The molecule has 64 valence electrons. The van der Waals surface area contributed by atoms with Crippen LogP contribution < -0.4 is 0 Å². The smallest absolute Gasteiger partial charge is 0.0474 e. The third kappa shape index (κ3) is 2.02. The van der Waals surface area contributed by atoms with Gasteiger partial charge in [-0.05, 0) is 35.8 Å². The second-order valence-electron chi connectivity index (χ2n) is 2.70. The second kappa shape index (κ2) is 3.97. The van der Waals surface area contributed by atoms with Gasteiger partial charge < -0.3 is 0 Å². The summed E-state index contributed by atoms with van der Waals surface area (Å²) in [6.45, 7) is 5.86. The molecular formula is C10H10Cl2. The van der Waals surface area contributed by atoms with E-state index in [1.165, 1.54) is 0 Å². The zero-order valence-corrected chi connectivity index (χ0v) is 8.41. The summed E-state index contributed by atoms with van der Waals surface area (Å²) >= 11 is 11.5. The standard InChI is InChI=1S/C10H10Cl2/c1-7-5-9(12)3-4-10(7)8(2)6-11/h3-5H,2,6H2,1H3. The summed E-state index contributed by atoms with van der Waals surface area (Å²) in [6.07, 6.45) is 0. The number of halogens is 2. The number of aryl methyl sites for hydroxylation is 1. The van der Waals surface area contributed by atoms with Crippen LogP contribution >= 0.6 is 23.2 Å². The Balaban J connectivity index is 3.09. The number of hydrogen-bond acceptors (Lipinski definition) is 0. The first-order chi connectivity index (χ1) is 5.65. The van der Waals surface area contributed by atoms with E-state index in [9.17, 15) is 0 Å². The predicted molar refractivity (Wildman–Crippen MR) is 55.9 cm³/mol. The molecule has 0 aromatic heterocycles. The summed E-state index contributed by atoms with van der Waals surface area (Å²) in [5, 5.41) is 0.749. The monoisotopic (exact) mass is 200 g/mol. The zero-order valence-electron chi connectivity index (χ0n) is 6.90. The van der Waals surface area contributed by atoms with Crippen molar-refractivity contribution in [3.63, 3.8) is 0 Å². The number of allylic oxidation sites excluding steroid dienone is 1. The largest absolute Gasteiger partial charge is 0.122 e. The SMILES string of the molecule is C=C(CCl)c1ccc(Cl)cc1C. The van der Waals surface area contributed by atoms with E-state index >= 15 is 0 Å². The molecule has 0 bridgehead atoms. The maximum atomic E-state index is 5.80. The molecular weight excluding hydrogens is 191 g/mol. The van der Waals surface area contributed by atoms with Crippen molar-refractivity contribution in [1.29, 1.82) is 0 Å². The van der Waals surface area contributed by atoms with Crippen LogP contribution in [0, 0.1) is 6.92 Å². The number of benzene rings is 1. The highest BCUT2D eigenvalue weighted by Gasteiger charge is 2.01. The highest BCUT2D eigenvalue weighted by Crippen LogP contribution is 2.21. The van der Waals surface area contributed by atoms with Crippen molar-refractivity contribution < 1.29 is 0 Å². The Hall–Kier alpha value is -0.460. The Morgan fingerprint density at radius 3 is 2.67 bits per heavy atom. The molecule has 1 rings (SSSR count). The molecule has 0 saturated heterocycles. The first kappa shape index (κ1) is 9.63. The van der Waals surface area contributed by atoms with Gasteiger partial charge in [0.15, 0.2) is 0 Å². The fourth-order valence-corrected chi connectivity index (χ4v) is 1.47. The Labute approximate surface area is 82.8 Å². The van der Waals surface area contributed by atoms with Crippen molar-refractivity contribution in [3.8, 4) is 0 Å². The Bertz CT molecular complexity index is 303. The van der Waals surface area contributed by atoms with E-state index in [0.29, 0.717) is 5.88 Å². The molecule has 0 atom stereocenters. The van der Waals surface area contributed by atoms with Gasteiger partial charge in [-0.25, -0.2) is 0 Å². The van der Waals surface area contributed by atoms with Gasteiger partial charge in [0, 0.05) is 10.9 Å². The van der Waals surface area contributed by atoms with Gasteiger partial charge in [0.25, 0.3) is 0 Å². The molecule has 0 nitrogen and oxygen atoms in total. The van der Waals surface area contributed by atoms with Gasteiger partial charge >= 0.3 is 0 Å². The minimum absolute atomic E-state index is 0.461. The van der Waals surface area contributed by atoms with E-state index in [2.05, 4.69) is 6.58 Å². The van der Waals surface area contributed by atoms with Crippen LogP contribution in [0.5, 0.6) is 0 Å². The summed E-state index contributed by atoms with van der Waals surface area (Å²) in [5.41, 5.74) is 3.15. The first-order valence-electron chi connectivity index (χ1n) is 3.65. The molecule has 0 aliphatic rings. The highest BCUT2D eigenvalue weighted by molar-refractivity contribution is 6.30. The molecule has 0 aliphatic carbocycles. The number of alkyl halides is 1. The van der Waals surface area contributed by atoms with Gasteiger partial charge in [0.05, 0.1) is 0 Å². The van der Waals surface area contributed by atoms with Crippen LogP contribution in [0.4, 0.5) is 0 Å². The van der Waals surface area contributed by atoms with Crippen LogP contribution in [0.1, 0.15) is 11.1 Å². The molecule has 0 amide bonds. The maximum Gasteiger partial charge on any atom is 0.0474 e. The van der Waals surface area contributed by atoms with Gasteiger partial charge in [0.1, 0.15) is 0 Å². The van der Waals surface area contributed by atoms with Crippen LogP contribution in [-0.4, -0.2) is 5.88 Å². The fourth-order valence-electron chi connectivity index (χ4n) is 1.10. The Morgan fingerprint density at radius 1 is 1.50 bits per heavy atom. The van der Waals surface area contributed by atoms with E-state index in [4.69, 9.17) is 23.2 Å². The van der Waals surface area contributed by atoms with Crippen molar-refractivity contribution in [1.82, 2.24) is 0 Å². The Morgan fingerprint density at radius 2 is 2.17 bits per heavy atom. The van der Waals surface area contributed by atoms with Crippen LogP contribution in [0.3, 0.4) is 0 Å². The molecule has 0 unspecified atom stereocenters. The van der Waals surface area contributed by atoms with Crippen molar-refractivity contribution in [2.45, 2.75) is 6.92 Å². The lowest BCUT2D eigenvalue weighted by Crippen LogP contribution is -1.88. The van der Waals surface area contributed by atoms with Gasteiger partial charge in [-0.1, -0.05) is 24.2 Å². The average molecular weight is 201 g/mol. The lowest BCUT2D eigenvalue weighted by molar-refractivity contribution is 1.41. The lowest BCUT2D eigenvalue weighted by atomic mass is 10.0. The molecule has 0 fully saturated rings. The summed E-state index contributed by atoms with van der Waals surface area (Å²) in [6, 6.07) is 5.71.